The summed E-state index contributed by atoms with van der Waals surface area (Å²) in [4.78, 5) is 15.4. The maximum atomic E-state index is 14.9. The number of halogens is 1. The second-order valence-corrected chi connectivity index (χ2v) is 10.9. The molecular formula is C24H27FN2O4S. The van der Waals surface area contributed by atoms with Gasteiger partial charge in [0, 0.05) is 36.2 Å². The van der Waals surface area contributed by atoms with Crippen molar-refractivity contribution in [3.63, 3.8) is 0 Å². The van der Waals surface area contributed by atoms with E-state index in [1.807, 2.05) is 0 Å². The van der Waals surface area contributed by atoms with Crippen LogP contribution in [0.25, 0.3) is 0 Å². The predicted molar refractivity (Wildman–Crippen MR) is 119 cm³/mol. The van der Waals surface area contributed by atoms with E-state index in [0.717, 1.165) is 25.7 Å². The van der Waals surface area contributed by atoms with Gasteiger partial charge in [0.2, 0.25) is 10.0 Å². The highest BCUT2D eigenvalue weighted by atomic mass is 32.2. The van der Waals surface area contributed by atoms with Gasteiger partial charge >= 0.3 is 0 Å². The molecule has 1 amide bonds. The topological polar surface area (TPSA) is 66.9 Å². The van der Waals surface area contributed by atoms with Crippen LogP contribution in [0.1, 0.15) is 47.2 Å². The first-order valence-electron chi connectivity index (χ1n) is 11.1. The molecule has 8 heteroatoms. The lowest BCUT2D eigenvalue weighted by molar-refractivity contribution is 0.0730. The maximum absolute atomic E-state index is 14.9. The van der Waals surface area contributed by atoms with Crippen molar-refractivity contribution in [3.8, 4) is 0 Å². The standard InChI is InChI=1S/C24H27FN2O4S/c1-17-7-8-18(15-21(17)32(29,30)26-11-13-31-14-12-26)23(28)27-16-24(9-2-3-10-24)22-19(25)5-4-6-20(22)27/h4-8,15H,2-3,9-14,16H2,1H3. The Balaban J connectivity index is 1.52. The highest BCUT2D eigenvalue weighted by Crippen LogP contribution is 2.51. The number of aryl methyl sites for hydroxylation is 1. The number of rotatable bonds is 3. The number of benzene rings is 2. The summed E-state index contributed by atoms with van der Waals surface area (Å²) in [6.45, 7) is 3.46. The lowest BCUT2D eigenvalue weighted by Gasteiger charge is -2.27. The molecule has 0 atom stereocenters. The number of ether oxygens (including phenoxy) is 1. The largest absolute Gasteiger partial charge is 0.379 e. The van der Waals surface area contributed by atoms with Crippen LogP contribution >= 0.6 is 0 Å². The normalized spacial score (nSPS) is 20.6. The van der Waals surface area contributed by atoms with Crippen LogP contribution in [-0.4, -0.2) is 51.5 Å². The number of hydrogen-bond acceptors (Lipinski definition) is 4. The molecule has 1 saturated heterocycles. The predicted octanol–water partition coefficient (Wildman–Crippen LogP) is 3.63. The average Bonchev–Trinajstić information content (AvgIpc) is 3.40. The molecule has 0 bridgehead atoms. The minimum atomic E-state index is -3.74. The van der Waals surface area contributed by atoms with Crippen molar-refractivity contribution in [2.75, 3.05) is 37.7 Å². The lowest BCUT2D eigenvalue weighted by atomic mass is 9.80. The molecule has 0 radical (unpaired) electrons. The van der Waals surface area contributed by atoms with E-state index >= 15 is 0 Å². The number of morpholine rings is 1. The molecule has 6 nitrogen and oxygen atoms in total. The molecule has 2 aromatic carbocycles. The Morgan fingerprint density at radius 2 is 1.81 bits per heavy atom. The van der Waals surface area contributed by atoms with Gasteiger partial charge in [-0.05, 0) is 49.6 Å². The van der Waals surface area contributed by atoms with Gasteiger partial charge in [0.1, 0.15) is 5.82 Å². The van der Waals surface area contributed by atoms with Crippen LogP contribution in [0.3, 0.4) is 0 Å². The summed E-state index contributed by atoms with van der Waals surface area (Å²) < 4.78 is 48.1. The Bertz CT molecular complexity index is 1170. The maximum Gasteiger partial charge on any atom is 0.258 e. The smallest absolute Gasteiger partial charge is 0.258 e. The second kappa shape index (κ2) is 7.93. The number of sulfonamides is 1. The molecule has 170 valence electrons. The summed E-state index contributed by atoms with van der Waals surface area (Å²) in [7, 11) is -3.74. The van der Waals surface area contributed by atoms with E-state index < -0.39 is 10.0 Å². The van der Waals surface area contributed by atoms with Gasteiger partial charge in [-0.15, -0.1) is 0 Å². The first-order chi connectivity index (χ1) is 15.3. The molecule has 5 rings (SSSR count). The van der Waals surface area contributed by atoms with E-state index in [0.29, 0.717) is 55.2 Å². The molecular weight excluding hydrogens is 431 g/mol. The van der Waals surface area contributed by atoms with E-state index in [-0.39, 0.29) is 22.0 Å². The van der Waals surface area contributed by atoms with Crippen molar-refractivity contribution in [2.24, 2.45) is 0 Å². The molecule has 0 N–H and O–H groups in total. The van der Waals surface area contributed by atoms with Crippen LogP contribution in [0, 0.1) is 12.7 Å². The Morgan fingerprint density at radius 1 is 1.09 bits per heavy atom. The number of nitrogens with zero attached hydrogens (tertiary/aromatic N) is 2. The highest BCUT2D eigenvalue weighted by molar-refractivity contribution is 7.89. The van der Waals surface area contributed by atoms with Gasteiger partial charge in [-0.1, -0.05) is 25.0 Å². The fourth-order valence-corrected chi connectivity index (χ4v) is 7.12. The minimum Gasteiger partial charge on any atom is -0.379 e. The van der Waals surface area contributed by atoms with Crippen LogP contribution in [0.2, 0.25) is 0 Å². The van der Waals surface area contributed by atoms with Crippen molar-refractivity contribution in [3.05, 3.63) is 58.9 Å². The van der Waals surface area contributed by atoms with E-state index in [2.05, 4.69) is 0 Å². The zero-order valence-corrected chi connectivity index (χ0v) is 19.0. The molecule has 32 heavy (non-hydrogen) atoms. The van der Waals surface area contributed by atoms with Crippen molar-refractivity contribution < 1.29 is 22.3 Å². The van der Waals surface area contributed by atoms with Crippen LogP contribution < -0.4 is 4.90 Å². The molecule has 2 aliphatic heterocycles. The number of carbonyl (C=O) groups is 1. The summed E-state index contributed by atoms with van der Waals surface area (Å²) in [6, 6.07) is 9.70. The Kier molecular flexibility index (Phi) is 5.34. The lowest BCUT2D eigenvalue weighted by Crippen LogP contribution is -2.41. The van der Waals surface area contributed by atoms with Crippen molar-refractivity contribution in [2.45, 2.75) is 42.9 Å². The monoisotopic (exact) mass is 458 g/mol. The molecule has 2 aromatic rings. The third-order valence-electron chi connectivity index (χ3n) is 7.10. The SMILES string of the molecule is Cc1ccc(C(=O)N2CC3(CCCC3)c3c(F)cccc32)cc1S(=O)(=O)N1CCOCC1. The van der Waals surface area contributed by atoms with E-state index in [1.165, 1.54) is 16.4 Å². The fourth-order valence-electron chi connectivity index (χ4n) is 5.46. The third kappa shape index (κ3) is 3.36. The van der Waals surface area contributed by atoms with Crippen LogP contribution in [0.15, 0.2) is 41.3 Å². The van der Waals surface area contributed by atoms with E-state index in [1.54, 1.807) is 36.1 Å². The van der Waals surface area contributed by atoms with Gasteiger partial charge < -0.3 is 9.64 Å². The Morgan fingerprint density at radius 3 is 2.53 bits per heavy atom. The summed E-state index contributed by atoms with van der Waals surface area (Å²) in [5.41, 5.74) is 1.79. The summed E-state index contributed by atoms with van der Waals surface area (Å²) >= 11 is 0. The third-order valence-corrected chi connectivity index (χ3v) is 9.14. The van der Waals surface area contributed by atoms with Gasteiger partial charge in [-0.3, -0.25) is 4.79 Å². The molecule has 1 aliphatic carbocycles. The second-order valence-electron chi connectivity index (χ2n) is 9.01. The van der Waals surface area contributed by atoms with Crippen molar-refractivity contribution in [1.82, 2.24) is 4.31 Å². The highest BCUT2D eigenvalue weighted by Gasteiger charge is 2.48. The molecule has 3 aliphatic rings. The molecule has 1 saturated carbocycles. The fraction of sp³-hybridized carbons (Fsp3) is 0.458. The molecule has 0 unspecified atom stereocenters. The van der Waals surface area contributed by atoms with Gasteiger partial charge in [0.15, 0.2) is 0 Å². The van der Waals surface area contributed by atoms with E-state index in [9.17, 15) is 17.6 Å². The van der Waals surface area contributed by atoms with Gasteiger partial charge in [0.05, 0.1) is 23.8 Å². The first kappa shape index (κ1) is 21.6. The first-order valence-corrected chi connectivity index (χ1v) is 12.6. The molecule has 0 aromatic heterocycles. The average molecular weight is 459 g/mol. The molecule has 2 fully saturated rings. The van der Waals surface area contributed by atoms with Crippen LogP contribution in [-0.2, 0) is 20.2 Å². The number of amides is 1. The van der Waals surface area contributed by atoms with Crippen molar-refractivity contribution in [1.29, 1.82) is 0 Å². The zero-order valence-electron chi connectivity index (χ0n) is 18.1. The summed E-state index contributed by atoms with van der Waals surface area (Å²) in [5.74, 6) is -0.557. The zero-order chi connectivity index (χ0) is 22.5. The van der Waals surface area contributed by atoms with Crippen LogP contribution in [0.5, 0.6) is 0 Å². The molecule has 1 spiro atoms. The number of fused-ring (bicyclic) bond motifs is 2. The number of hydrogen-bond donors (Lipinski definition) is 0. The summed E-state index contributed by atoms with van der Waals surface area (Å²) in [5, 5.41) is 0. The number of anilines is 1. The Labute approximate surface area is 188 Å². The van der Waals surface area contributed by atoms with Crippen LogP contribution in [0.4, 0.5) is 10.1 Å². The Hall–Kier alpha value is -2.29. The van der Waals surface area contributed by atoms with Crippen molar-refractivity contribution >= 4 is 21.6 Å². The molecule has 2 heterocycles. The summed E-state index contributed by atoms with van der Waals surface area (Å²) in [6.07, 6.45) is 3.75. The van der Waals surface area contributed by atoms with Gasteiger partial charge in [-0.25, -0.2) is 12.8 Å². The number of carbonyl (C=O) groups excluding carboxylic acids is 1. The minimum absolute atomic E-state index is 0.138. The quantitative estimate of drug-likeness (QED) is 0.705. The van der Waals surface area contributed by atoms with Gasteiger partial charge in [0.25, 0.3) is 5.91 Å². The van der Waals surface area contributed by atoms with Gasteiger partial charge in [-0.2, -0.15) is 4.31 Å². The van der Waals surface area contributed by atoms with E-state index in [4.69, 9.17) is 4.74 Å².